The quantitative estimate of drug-likeness (QED) is 0.766. The third kappa shape index (κ3) is 4.84. The lowest BCUT2D eigenvalue weighted by Crippen LogP contribution is -2.46. The first-order valence-corrected chi connectivity index (χ1v) is 8.63. The van der Waals surface area contributed by atoms with Crippen molar-refractivity contribution in [3.63, 3.8) is 0 Å². The third-order valence-electron chi connectivity index (χ3n) is 4.33. The van der Waals surface area contributed by atoms with Crippen molar-refractivity contribution in [2.75, 3.05) is 39.9 Å². The molecule has 1 aliphatic rings. The summed E-state index contributed by atoms with van der Waals surface area (Å²) >= 11 is 0. The van der Waals surface area contributed by atoms with E-state index < -0.39 is 0 Å². The van der Waals surface area contributed by atoms with Crippen LogP contribution < -0.4 is 0 Å². The van der Waals surface area contributed by atoms with Crippen LogP contribution in [0, 0.1) is 11.8 Å². The van der Waals surface area contributed by atoms with Crippen molar-refractivity contribution in [2.45, 2.75) is 26.7 Å². The van der Waals surface area contributed by atoms with Crippen LogP contribution >= 0.6 is 0 Å². The molecule has 0 aliphatic carbocycles. The Bertz CT molecular complexity index is 519. The molecule has 1 aromatic heterocycles. The average Bonchev–Trinajstić information content (AvgIpc) is 3.11. The van der Waals surface area contributed by atoms with Gasteiger partial charge in [-0.3, -0.25) is 9.59 Å². The molecule has 6 heteroatoms. The van der Waals surface area contributed by atoms with Gasteiger partial charge in [0, 0.05) is 39.2 Å². The van der Waals surface area contributed by atoms with Crippen LogP contribution in [0.2, 0.25) is 0 Å². The molecule has 1 fully saturated rings. The van der Waals surface area contributed by atoms with Gasteiger partial charge in [-0.1, -0.05) is 13.8 Å². The van der Waals surface area contributed by atoms with E-state index >= 15 is 0 Å². The number of likely N-dealkylation sites (tertiary alicyclic amines) is 1. The molecular weight excluding hydrogens is 308 g/mol. The van der Waals surface area contributed by atoms with Gasteiger partial charge in [0.2, 0.25) is 5.91 Å². The minimum Gasteiger partial charge on any atom is -0.459 e. The zero-order valence-corrected chi connectivity index (χ0v) is 14.9. The minimum absolute atomic E-state index is 0.0127. The Morgan fingerprint density at radius 3 is 2.62 bits per heavy atom. The van der Waals surface area contributed by atoms with Crippen LogP contribution in [0.1, 0.15) is 37.2 Å². The fraction of sp³-hybridized carbons (Fsp3) is 0.667. The minimum atomic E-state index is -0.0932. The van der Waals surface area contributed by atoms with E-state index in [4.69, 9.17) is 9.15 Å². The summed E-state index contributed by atoms with van der Waals surface area (Å²) in [6.45, 7) is 7.32. The van der Waals surface area contributed by atoms with Crippen LogP contribution in [0.5, 0.6) is 0 Å². The molecule has 0 aromatic carbocycles. The molecule has 0 radical (unpaired) electrons. The number of piperidine rings is 1. The zero-order valence-electron chi connectivity index (χ0n) is 14.9. The van der Waals surface area contributed by atoms with Crippen molar-refractivity contribution in [2.24, 2.45) is 11.8 Å². The van der Waals surface area contributed by atoms with Gasteiger partial charge < -0.3 is 19.0 Å². The second-order valence-electron chi connectivity index (χ2n) is 6.71. The maximum absolute atomic E-state index is 12.8. The summed E-state index contributed by atoms with van der Waals surface area (Å²) in [5.41, 5.74) is 0. The molecule has 1 aliphatic heterocycles. The van der Waals surface area contributed by atoms with Gasteiger partial charge in [0.15, 0.2) is 5.76 Å². The first kappa shape index (κ1) is 18.5. The molecular formula is C18H28N2O4. The molecule has 0 atom stereocenters. The highest BCUT2D eigenvalue weighted by Crippen LogP contribution is 2.22. The Balaban J connectivity index is 1.89. The molecule has 1 aromatic rings. The third-order valence-corrected chi connectivity index (χ3v) is 4.33. The van der Waals surface area contributed by atoms with E-state index in [2.05, 4.69) is 13.8 Å². The Labute approximate surface area is 143 Å². The highest BCUT2D eigenvalue weighted by Gasteiger charge is 2.31. The van der Waals surface area contributed by atoms with Gasteiger partial charge in [-0.15, -0.1) is 0 Å². The molecule has 24 heavy (non-hydrogen) atoms. The standard InChI is InChI=1S/C18H28N2O4/c1-14(2)13-20(10-12-23-3)17(21)15-6-8-19(9-7-15)18(22)16-5-4-11-24-16/h4-5,11,14-15H,6-10,12-13H2,1-3H3. The number of carbonyl (C=O) groups is 2. The lowest BCUT2D eigenvalue weighted by atomic mass is 9.94. The van der Waals surface area contributed by atoms with E-state index in [0.717, 1.165) is 6.54 Å². The lowest BCUT2D eigenvalue weighted by molar-refractivity contribution is -0.138. The van der Waals surface area contributed by atoms with E-state index in [-0.39, 0.29) is 17.7 Å². The first-order valence-electron chi connectivity index (χ1n) is 8.63. The fourth-order valence-electron chi connectivity index (χ4n) is 3.08. The van der Waals surface area contributed by atoms with Crippen LogP contribution in [-0.4, -0.2) is 61.5 Å². The van der Waals surface area contributed by atoms with Crippen LogP contribution in [0.25, 0.3) is 0 Å². The van der Waals surface area contributed by atoms with Crippen molar-refractivity contribution >= 4 is 11.8 Å². The van der Waals surface area contributed by atoms with Crippen molar-refractivity contribution in [1.29, 1.82) is 0 Å². The number of amides is 2. The topological polar surface area (TPSA) is 63.0 Å². The smallest absolute Gasteiger partial charge is 0.289 e. The summed E-state index contributed by atoms with van der Waals surface area (Å²) in [5.74, 6) is 0.865. The summed E-state index contributed by atoms with van der Waals surface area (Å²) in [6.07, 6.45) is 2.91. The SMILES string of the molecule is COCCN(CC(C)C)C(=O)C1CCN(C(=O)c2ccco2)CC1. The maximum atomic E-state index is 12.8. The fourth-order valence-corrected chi connectivity index (χ4v) is 3.08. The van der Waals surface area contributed by atoms with Crippen LogP contribution in [0.15, 0.2) is 22.8 Å². The predicted octanol–water partition coefficient (Wildman–Crippen LogP) is 2.26. The van der Waals surface area contributed by atoms with Gasteiger partial charge in [0.1, 0.15) is 0 Å². The van der Waals surface area contributed by atoms with Gasteiger partial charge >= 0.3 is 0 Å². The number of hydrogen-bond acceptors (Lipinski definition) is 4. The lowest BCUT2D eigenvalue weighted by Gasteiger charge is -2.34. The Morgan fingerprint density at radius 1 is 1.38 bits per heavy atom. The van der Waals surface area contributed by atoms with Crippen molar-refractivity contribution in [3.8, 4) is 0 Å². The normalized spacial score (nSPS) is 15.8. The second-order valence-corrected chi connectivity index (χ2v) is 6.71. The van der Waals surface area contributed by atoms with Gasteiger partial charge in [-0.2, -0.15) is 0 Å². The van der Waals surface area contributed by atoms with Crippen LogP contribution in [0.4, 0.5) is 0 Å². The first-order chi connectivity index (χ1) is 11.5. The molecule has 0 N–H and O–H groups in total. The van der Waals surface area contributed by atoms with Crippen molar-refractivity contribution in [3.05, 3.63) is 24.2 Å². The molecule has 0 bridgehead atoms. The summed E-state index contributed by atoms with van der Waals surface area (Å²) in [4.78, 5) is 28.7. The van der Waals surface area contributed by atoms with Gasteiger partial charge in [-0.05, 0) is 30.9 Å². The zero-order chi connectivity index (χ0) is 17.5. The summed E-state index contributed by atoms with van der Waals surface area (Å²) < 4.78 is 10.3. The van der Waals surface area contributed by atoms with E-state index in [1.165, 1.54) is 6.26 Å². The predicted molar refractivity (Wildman–Crippen MR) is 90.6 cm³/mol. The summed E-state index contributed by atoms with van der Waals surface area (Å²) in [5, 5.41) is 0. The molecule has 0 unspecified atom stereocenters. The molecule has 6 nitrogen and oxygen atoms in total. The molecule has 2 amide bonds. The number of furan rings is 1. The van der Waals surface area contributed by atoms with E-state index in [1.807, 2.05) is 4.90 Å². The number of carbonyl (C=O) groups excluding carboxylic acids is 2. The molecule has 2 rings (SSSR count). The van der Waals surface area contributed by atoms with E-state index in [0.29, 0.717) is 50.8 Å². The number of ether oxygens (including phenoxy) is 1. The Kier molecular flexibility index (Phi) is 6.85. The average molecular weight is 336 g/mol. The number of nitrogens with zero attached hydrogens (tertiary/aromatic N) is 2. The maximum Gasteiger partial charge on any atom is 0.289 e. The van der Waals surface area contributed by atoms with Gasteiger partial charge in [0.05, 0.1) is 12.9 Å². The summed E-state index contributed by atoms with van der Waals surface area (Å²) in [6, 6.07) is 3.39. The number of methoxy groups -OCH3 is 1. The highest BCUT2D eigenvalue weighted by molar-refractivity contribution is 5.91. The molecule has 1 saturated heterocycles. The van der Waals surface area contributed by atoms with Crippen LogP contribution in [0.3, 0.4) is 0 Å². The van der Waals surface area contributed by atoms with E-state index in [9.17, 15) is 9.59 Å². The van der Waals surface area contributed by atoms with Crippen LogP contribution in [-0.2, 0) is 9.53 Å². The van der Waals surface area contributed by atoms with Crippen molar-refractivity contribution in [1.82, 2.24) is 9.80 Å². The molecule has 134 valence electrons. The number of hydrogen-bond donors (Lipinski definition) is 0. The Hall–Kier alpha value is -1.82. The Morgan fingerprint density at radius 2 is 2.08 bits per heavy atom. The van der Waals surface area contributed by atoms with Gasteiger partial charge in [-0.25, -0.2) is 0 Å². The van der Waals surface area contributed by atoms with Gasteiger partial charge in [0.25, 0.3) is 5.91 Å². The second kappa shape index (κ2) is 8.87. The monoisotopic (exact) mass is 336 g/mol. The largest absolute Gasteiger partial charge is 0.459 e. The van der Waals surface area contributed by atoms with E-state index in [1.54, 1.807) is 24.1 Å². The van der Waals surface area contributed by atoms with Crippen molar-refractivity contribution < 1.29 is 18.7 Å². The highest BCUT2D eigenvalue weighted by atomic mass is 16.5. The number of rotatable bonds is 7. The molecule has 0 spiro atoms. The summed E-state index contributed by atoms with van der Waals surface area (Å²) in [7, 11) is 1.65. The molecule has 2 heterocycles. The molecule has 0 saturated carbocycles.